The molecule has 0 saturated carbocycles. The summed E-state index contributed by atoms with van der Waals surface area (Å²) in [6, 6.07) is -0.930. The Balaban J connectivity index is 1.55. The number of unbranched alkanes of at least 4 members (excludes halogenated alkanes) is 56. The largest absolute Gasteiger partial charge is 0.394 e. The van der Waals surface area contributed by atoms with Crippen LogP contribution < -0.4 is 5.32 Å². The number of carbonyl (C=O) groups excluding carboxylic acids is 1. The van der Waals surface area contributed by atoms with E-state index in [2.05, 4.69) is 31.3 Å². The SMILES string of the molecule is CCCCCCCCCCCCCCCCC/C=C/CC/C=C/C(O)C(COC1OC(CO)C(OC2OC(CO)C(O)C(O)C2O)C(O)C1O)NC(=O)CCCCCCCCCCCCCCCCCCCCCCCCCCCCCCCCCCCCCCCCCCC. The average molecular weight is 1370 g/mol. The molecule has 568 valence electrons. The fourth-order valence-corrected chi connectivity index (χ4v) is 14.1. The maximum atomic E-state index is 13.4. The third-order valence-electron chi connectivity index (χ3n) is 20.6. The van der Waals surface area contributed by atoms with Gasteiger partial charge in [-0.1, -0.05) is 385 Å². The monoisotopic (exact) mass is 1360 g/mol. The van der Waals surface area contributed by atoms with Gasteiger partial charge in [-0.3, -0.25) is 4.79 Å². The molecular weight excluding hydrogens is 1210 g/mol. The molecule has 2 aliphatic heterocycles. The van der Waals surface area contributed by atoms with Crippen LogP contribution >= 0.6 is 0 Å². The van der Waals surface area contributed by atoms with Gasteiger partial charge in [0.2, 0.25) is 5.91 Å². The summed E-state index contributed by atoms with van der Waals surface area (Å²) < 4.78 is 22.9. The predicted molar refractivity (Wildman–Crippen MR) is 397 cm³/mol. The van der Waals surface area contributed by atoms with Crippen molar-refractivity contribution in [1.82, 2.24) is 5.32 Å². The minimum atomic E-state index is -1.79. The molecule has 0 aromatic heterocycles. The number of allylic oxidation sites excluding steroid dienone is 3. The Bertz CT molecular complexity index is 1700. The summed E-state index contributed by atoms with van der Waals surface area (Å²) in [6.45, 7) is 2.85. The Morgan fingerprint density at radius 2 is 0.667 bits per heavy atom. The number of aliphatic hydroxyl groups excluding tert-OH is 8. The molecule has 2 saturated heterocycles. The van der Waals surface area contributed by atoms with Crippen LogP contribution in [0.2, 0.25) is 0 Å². The first-order chi connectivity index (χ1) is 47.1. The quantitative estimate of drug-likeness (QED) is 0.0204. The maximum absolute atomic E-state index is 13.4. The van der Waals surface area contributed by atoms with Gasteiger partial charge in [-0.2, -0.15) is 0 Å². The number of rotatable bonds is 71. The van der Waals surface area contributed by atoms with Crippen LogP contribution in [0, 0.1) is 0 Å². The molecular formula is C82H157NO13. The second-order valence-electron chi connectivity index (χ2n) is 29.6. The second-order valence-corrected chi connectivity index (χ2v) is 29.6. The number of aliphatic hydroxyl groups is 8. The van der Waals surface area contributed by atoms with Crippen LogP contribution in [0.3, 0.4) is 0 Å². The van der Waals surface area contributed by atoms with Gasteiger partial charge in [-0.15, -0.1) is 0 Å². The first-order valence-electron chi connectivity index (χ1n) is 41.6. The van der Waals surface area contributed by atoms with E-state index in [9.17, 15) is 45.6 Å². The fourth-order valence-electron chi connectivity index (χ4n) is 14.1. The molecule has 0 aromatic carbocycles. The van der Waals surface area contributed by atoms with Crippen LogP contribution in [0.1, 0.15) is 399 Å². The Morgan fingerprint density at radius 1 is 0.365 bits per heavy atom. The van der Waals surface area contributed by atoms with Crippen LogP contribution in [0.5, 0.6) is 0 Å². The second kappa shape index (κ2) is 66.7. The minimum Gasteiger partial charge on any atom is -0.394 e. The molecule has 2 fully saturated rings. The lowest BCUT2D eigenvalue weighted by molar-refractivity contribution is -0.359. The summed E-state index contributed by atoms with van der Waals surface area (Å²) >= 11 is 0. The highest BCUT2D eigenvalue weighted by Gasteiger charge is 2.51. The van der Waals surface area contributed by atoms with Crippen molar-refractivity contribution >= 4 is 5.91 Å². The van der Waals surface area contributed by atoms with Gasteiger partial charge in [-0.25, -0.2) is 0 Å². The zero-order valence-corrected chi connectivity index (χ0v) is 62.4. The van der Waals surface area contributed by atoms with E-state index < -0.39 is 86.8 Å². The van der Waals surface area contributed by atoms with Gasteiger partial charge in [0.1, 0.15) is 48.8 Å². The lowest BCUT2D eigenvalue weighted by Crippen LogP contribution is -2.65. The van der Waals surface area contributed by atoms with E-state index in [0.29, 0.717) is 12.8 Å². The zero-order chi connectivity index (χ0) is 69.4. The van der Waals surface area contributed by atoms with Gasteiger partial charge in [0.15, 0.2) is 12.6 Å². The van der Waals surface area contributed by atoms with E-state index in [1.165, 1.54) is 334 Å². The van der Waals surface area contributed by atoms with Crippen molar-refractivity contribution in [3.05, 3.63) is 24.3 Å². The van der Waals surface area contributed by atoms with Gasteiger partial charge in [-0.05, 0) is 32.1 Å². The molecule has 0 radical (unpaired) electrons. The summed E-state index contributed by atoms with van der Waals surface area (Å²) in [5.41, 5.74) is 0. The number of ether oxygens (including phenoxy) is 4. The van der Waals surface area contributed by atoms with Crippen molar-refractivity contribution < 1.29 is 64.6 Å². The topological polar surface area (TPSA) is 228 Å². The molecule has 0 spiro atoms. The summed E-state index contributed by atoms with van der Waals surface area (Å²) in [6.07, 6.45) is 70.1. The van der Waals surface area contributed by atoms with Gasteiger partial charge >= 0.3 is 0 Å². The van der Waals surface area contributed by atoms with E-state index in [0.717, 1.165) is 32.1 Å². The minimum absolute atomic E-state index is 0.240. The molecule has 14 heteroatoms. The van der Waals surface area contributed by atoms with Crippen molar-refractivity contribution in [3.8, 4) is 0 Å². The first-order valence-corrected chi connectivity index (χ1v) is 41.6. The lowest BCUT2D eigenvalue weighted by Gasteiger charge is -2.46. The van der Waals surface area contributed by atoms with Gasteiger partial charge in [0.05, 0.1) is 32.0 Å². The van der Waals surface area contributed by atoms with E-state index in [4.69, 9.17) is 18.9 Å². The van der Waals surface area contributed by atoms with Gasteiger partial charge in [0, 0.05) is 6.42 Å². The molecule has 14 nitrogen and oxygen atoms in total. The van der Waals surface area contributed by atoms with E-state index >= 15 is 0 Å². The first kappa shape index (κ1) is 90.6. The highest BCUT2D eigenvalue weighted by Crippen LogP contribution is 2.30. The average Bonchev–Trinajstić information content (AvgIpc) is 0.800. The molecule has 12 atom stereocenters. The van der Waals surface area contributed by atoms with Crippen LogP contribution in [0.15, 0.2) is 24.3 Å². The fraction of sp³-hybridized carbons (Fsp3) is 0.939. The predicted octanol–water partition coefficient (Wildman–Crippen LogP) is 19.0. The standard InChI is InChI=1S/C82H157NO13/c1-3-5-7-9-11-13-15-17-19-21-23-25-26-27-28-29-30-31-32-33-34-35-36-37-38-39-40-41-42-43-44-46-48-50-52-54-56-58-60-62-64-66-74(87)83-70(71(86)65-63-61-59-57-55-53-51-49-47-45-24-22-20-18-16-14-12-10-8-6-4-2)69-93-81-79(92)77(90)80(73(68-85)95-81)96-82-78(91)76(89)75(88)72(67-84)94-82/h55,57,63,65,70-73,75-82,84-86,88-92H,3-54,56,58-62,64,66-69H2,1-2H3,(H,83,87)/b57-55+,65-63+. The number of hydrogen-bond acceptors (Lipinski definition) is 13. The molecule has 2 aliphatic rings. The summed E-state index contributed by atoms with van der Waals surface area (Å²) in [5, 5.41) is 87.6. The van der Waals surface area contributed by atoms with E-state index in [1.807, 2.05) is 6.08 Å². The van der Waals surface area contributed by atoms with Crippen molar-refractivity contribution in [3.63, 3.8) is 0 Å². The van der Waals surface area contributed by atoms with Crippen LogP contribution in [0.25, 0.3) is 0 Å². The highest BCUT2D eigenvalue weighted by atomic mass is 16.7. The Labute approximate surface area is 589 Å². The summed E-state index contributed by atoms with van der Waals surface area (Å²) in [7, 11) is 0. The Hall–Kier alpha value is -1.53. The van der Waals surface area contributed by atoms with Crippen molar-refractivity contribution in [2.45, 2.75) is 473 Å². The highest BCUT2D eigenvalue weighted by molar-refractivity contribution is 5.76. The Kier molecular flexibility index (Phi) is 62.9. The third-order valence-corrected chi connectivity index (χ3v) is 20.6. The molecule has 0 aromatic rings. The van der Waals surface area contributed by atoms with Crippen LogP contribution in [-0.2, 0) is 23.7 Å². The molecule has 0 bridgehead atoms. The van der Waals surface area contributed by atoms with E-state index in [-0.39, 0.29) is 18.9 Å². The number of carbonyl (C=O) groups is 1. The molecule has 12 unspecified atom stereocenters. The number of nitrogens with one attached hydrogen (secondary N) is 1. The molecule has 2 rings (SSSR count). The normalized spacial score (nSPS) is 22.3. The van der Waals surface area contributed by atoms with Gasteiger partial charge in [0.25, 0.3) is 0 Å². The number of hydrogen-bond donors (Lipinski definition) is 9. The maximum Gasteiger partial charge on any atom is 0.220 e. The van der Waals surface area contributed by atoms with Crippen LogP contribution in [-0.4, -0.2) is 140 Å². The van der Waals surface area contributed by atoms with Crippen molar-refractivity contribution in [2.75, 3.05) is 19.8 Å². The summed E-state index contributed by atoms with van der Waals surface area (Å²) in [5.74, 6) is -0.240. The zero-order valence-electron chi connectivity index (χ0n) is 62.4. The lowest BCUT2D eigenvalue weighted by atomic mass is 9.97. The molecule has 2 heterocycles. The molecule has 0 aliphatic carbocycles. The Morgan fingerprint density at radius 3 is 1.02 bits per heavy atom. The molecule has 1 amide bonds. The number of amides is 1. The van der Waals surface area contributed by atoms with Crippen LogP contribution in [0.4, 0.5) is 0 Å². The third kappa shape index (κ3) is 49.1. The summed E-state index contributed by atoms with van der Waals surface area (Å²) in [4.78, 5) is 13.4. The van der Waals surface area contributed by atoms with Crippen molar-refractivity contribution in [1.29, 1.82) is 0 Å². The smallest absolute Gasteiger partial charge is 0.220 e. The van der Waals surface area contributed by atoms with Gasteiger partial charge < -0.3 is 65.1 Å². The molecule has 9 N–H and O–H groups in total. The van der Waals surface area contributed by atoms with E-state index in [1.54, 1.807) is 6.08 Å². The molecule has 96 heavy (non-hydrogen) atoms. The van der Waals surface area contributed by atoms with Crippen molar-refractivity contribution in [2.24, 2.45) is 0 Å².